The Morgan fingerprint density at radius 2 is 2.07 bits per heavy atom. The molecule has 1 aliphatic rings. The van der Waals surface area contributed by atoms with E-state index in [1.165, 1.54) is 0 Å². The second-order valence-corrected chi connectivity index (χ2v) is 7.66. The molecule has 2 aromatic heterocycles. The summed E-state index contributed by atoms with van der Waals surface area (Å²) in [6.07, 6.45) is 3.76. The van der Waals surface area contributed by atoms with E-state index in [0.29, 0.717) is 17.4 Å². The molecule has 0 unspecified atom stereocenters. The number of aliphatic hydroxyl groups is 1. The molecule has 0 bridgehead atoms. The van der Waals surface area contributed by atoms with Gasteiger partial charge in [0.15, 0.2) is 0 Å². The van der Waals surface area contributed by atoms with Crippen molar-refractivity contribution in [2.45, 2.75) is 39.0 Å². The molecule has 1 aromatic carbocycles. The average molecular weight is 409 g/mol. The Kier molecular flexibility index (Phi) is 6.25. The third kappa shape index (κ3) is 4.60. The molecule has 8 heteroatoms. The van der Waals surface area contributed by atoms with E-state index < -0.39 is 0 Å². The topological polar surface area (TPSA) is 101 Å². The number of carbonyl (C=O) groups excluding carboxylic acids is 1. The summed E-state index contributed by atoms with van der Waals surface area (Å²) < 4.78 is 7.34. The van der Waals surface area contributed by atoms with E-state index >= 15 is 0 Å². The number of aliphatic hydroxyl groups excluding tert-OH is 1. The van der Waals surface area contributed by atoms with E-state index in [1.807, 2.05) is 41.9 Å². The Balaban J connectivity index is 1.49. The van der Waals surface area contributed by atoms with Crippen molar-refractivity contribution >= 4 is 22.8 Å². The molecule has 2 amide bonds. The molecule has 3 N–H and O–H groups in total. The summed E-state index contributed by atoms with van der Waals surface area (Å²) in [5.74, 6) is 0.881. The molecule has 8 nitrogen and oxygen atoms in total. The van der Waals surface area contributed by atoms with Crippen LogP contribution in [0.1, 0.15) is 37.1 Å². The van der Waals surface area contributed by atoms with Gasteiger partial charge in [0.05, 0.1) is 30.1 Å². The Bertz CT molecular complexity index is 999. The standard InChI is InChI=1S/C22H27N5O3/c1-15(17-5-3-2-4-6-17)24-22(29)26-20-11-18-12-23-27(21(18)19(14-28)25-20)13-16-7-9-30-10-8-16/h2-6,11-12,15-16,28H,7-10,13-14H2,1H3,(H2,24,25,26,29)/t15-/m1/s1. The van der Waals surface area contributed by atoms with Crippen LogP contribution in [0.25, 0.3) is 10.9 Å². The van der Waals surface area contributed by atoms with Crippen LogP contribution in [0.3, 0.4) is 0 Å². The Labute approximate surface area is 175 Å². The van der Waals surface area contributed by atoms with E-state index in [0.717, 1.165) is 49.1 Å². The van der Waals surface area contributed by atoms with Crippen molar-refractivity contribution < 1.29 is 14.6 Å². The molecular weight excluding hydrogens is 382 g/mol. The summed E-state index contributed by atoms with van der Waals surface area (Å²) in [5, 5.41) is 20.9. The fourth-order valence-electron chi connectivity index (χ4n) is 3.86. The molecule has 0 spiro atoms. The van der Waals surface area contributed by atoms with Crippen LogP contribution in [0.15, 0.2) is 42.6 Å². The van der Waals surface area contributed by atoms with Gasteiger partial charge < -0.3 is 15.2 Å². The lowest BCUT2D eigenvalue weighted by molar-refractivity contribution is 0.0605. The van der Waals surface area contributed by atoms with Gasteiger partial charge in [0.1, 0.15) is 5.82 Å². The summed E-state index contributed by atoms with van der Waals surface area (Å²) in [6.45, 7) is 4.01. The van der Waals surface area contributed by atoms with Crippen molar-refractivity contribution in [3.63, 3.8) is 0 Å². The molecule has 1 aliphatic heterocycles. The van der Waals surface area contributed by atoms with Gasteiger partial charge in [-0.3, -0.25) is 10.00 Å². The number of benzene rings is 1. The highest BCUT2D eigenvalue weighted by Gasteiger charge is 2.19. The van der Waals surface area contributed by atoms with Crippen LogP contribution in [0.2, 0.25) is 0 Å². The second kappa shape index (κ2) is 9.23. The number of fused-ring (bicyclic) bond motifs is 1. The van der Waals surface area contributed by atoms with Crippen molar-refractivity contribution in [2.24, 2.45) is 5.92 Å². The molecule has 4 rings (SSSR count). The van der Waals surface area contributed by atoms with Crippen molar-refractivity contribution in [1.82, 2.24) is 20.1 Å². The van der Waals surface area contributed by atoms with Gasteiger partial charge in [0.2, 0.25) is 0 Å². The summed E-state index contributed by atoms with van der Waals surface area (Å²) >= 11 is 0. The van der Waals surface area contributed by atoms with Crippen molar-refractivity contribution in [3.05, 3.63) is 53.9 Å². The maximum Gasteiger partial charge on any atom is 0.320 e. The summed E-state index contributed by atoms with van der Waals surface area (Å²) in [4.78, 5) is 16.9. The lowest BCUT2D eigenvalue weighted by atomic mass is 10.0. The zero-order chi connectivity index (χ0) is 20.9. The number of anilines is 1. The fraction of sp³-hybridized carbons (Fsp3) is 0.409. The molecule has 1 fully saturated rings. The van der Waals surface area contributed by atoms with Gasteiger partial charge in [-0.2, -0.15) is 5.10 Å². The average Bonchev–Trinajstić information content (AvgIpc) is 3.17. The van der Waals surface area contributed by atoms with Crippen molar-refractivity contribution in [1.29, 1.82) is 0 Å². The Morgan fingerprint density at radius 3 is 2.80 bits per heavy atom. The third-order valence-corrected chi connectivity index (χ3v) is 5.50. The summed E-state index contributed by atoms with van der Waals surface area (Å²) in [6, 6.07) is 11.0. The lowest BCUT2D eigenvalue weighted by Crippen LogP contribution is -2.31. The monoisotopic (exact) mass is 409 g/mol. The van der Waals surface area contributed by atoms with E-state index in [1.54, 1.807) is 12.3 Å². The Morgan fingerprint density at radius 1 is 1.30 bits per heavy atom. The number of nitrogens with zero attached hydrogens (tertiary/aromatic N) is 3. The molecule has 3 heterocycles. The van der Waals surface area contributed by atoms with E-state index in [2.05, 4.69) is 20.7 Å². The predicted octanol–water partition coefficient (Wildman–Crippen LogP) is 3.23. The highest BCUT2D eigenvalue weighted by atomic mass is 16.5. The van der Waals surface area contributed by atoms with E-state index in [4.69, 9.17) is 4.74 Å². The van der Waals surface area contributed by atoms with Crippen molar-refractivity contribution in [3.8, 4) is 0 Å². The zero-order valence-electron chi connectivity index (χ0n) is 17.0. The van der Waals surface area contributed by atoms with Gasteiger partial charge >= 0.3 is 6.03 Å². The lowest BCUT2D eigenvalue weighted by Gasteiger charge is -2.22. The molecular formula is C22H27N5O3. The smallest absolute Gasteiger partial charge is 0.320 e. The van der Waals surface area contributed by atoms with E-state index in [9.17, 15) is 9.90 Å². The van der Waals surface area contributed by atoms with Gasteiger partial charge in [0, 0.05) is 25.1 Å². The first-order valence-electron chi connectivity index (χ1n) is 10.3. The number of nitrogens with one attached hydrogen (secondary N) is 2. The van der Waals surface area contributed by atoms with Gasteiger partial charge in [0.25, 0.3) is 0 Å². The quantitative estimate of drug-likeness (QED) is 0.580. The third-order valence-electron chi connectivity index (χ3n) is 5.50. The van der Waals surface area contributed by atoms with Gasteiger partial charge in [-0.15, -0.1) is 0 Å². The number of pyridine rings is 1. The minimum Gasteiger partial charge on any atom is -0.390 e. The Hall–Kier alpha value is -2.97. The number of ether oxygens (including phenoxy) is 1. The first-order chi connectivity index (χ1) is 14.6. The number of urea groups is 1. The summed E-state index contributed by atoms with van der Waals surface area (Å²) in [7, 11) is 0. The van der Waals surface area contributed by atoms with Gasteiger partial charge in [-0.25, -0.2) is 9.78 Å². The first-order valence-corrected chi connectivity index (χ1v) is 10.3. The predicted molar refractivity (Wildman–Crippen MR) is 114 cm³/mol. The van der Waals surface area contributed by atoms with Crippen LogP contribution in [0.5, 0.6) is 0 Å². The highest BCUT2D eigenvalue weighted by molar-refractivity contribution is 5.92. The number of amides is 2. The fourth-order valence-corrected chi connectivity index (χ4v) is 3.86. The number of aromatic nitrogens is 3. The minimum absolute atomic E-state index is 0.144. The molecule has 3 aromatic rings. The van der Waals surface area contributed by atoms with E-state index in [-0.39, 0.29) is 18.7 Å². The molecule has 1 saturated heterocycles. The molecule has 158 valence electrons. The second-order valence-electron chi connectivity index (χ2n) is 7.66. The largest absolute Gasteiger partial charge is 0.390 e. The highest BCUT2D eigenvalue weighted by Crippen LogP contribution is 2.24. The number of rotatable bonds is 6. The van der Waals surface area contributed by atoms with Gasteiger partial charge in [-0.05, 0) is 37.3 Å². The van der Waals surface area contributed by atoms with Crippen LogP contribution in [0.4, 0.5) is 10.6 Å². The number of hydrogen-bond donors (Lipinski definition) is 3. The number of hydrogen-bond acceptors (Lipinski definition) is 5. The van der Waals surface area contributed by atoms with Crippen molar-refractivity contribution in [2.75, 3.05) is 18.5 Å². The molecule has 0 saturated carbocycles. The normalized spacial score (nSPS) is 15.8. The summed E-state index contributed by atoms with van der Waals surface area (Å²) in [5.41, 5.74) is 2.33. The first kappa shape index (κ1) is 20.3. The van der Waals surface area contributed by atoms with Crippen LogP contribution < -0.4 is 10.6 Å². The molecule has 0 radical (unpaired) electrons. The SMILES string of the molecule is C[C@@H](NC(=O)Nc1cc2cnn(CC3CCOCC3)c2c(CO)n1)c1ccccc1. The zero-order valence-corrected chi connectivity index (χ0v) is 17.0. The molecule has 30 heavy (non-hydrogen) atoms. The van der Waals surface area contributed by atoms with Gasteiger partial charge in [-0.1, -0.05) is 30.3 Å². The van der Waals surface area contributed by atoms with Crippen LogP contribution in [-0.4, -0.2) is 39.1 Å². The number of carbonyl (C=O) groups is 1. The maximum atomic E-state index is 12.4. The van der Waals surface area contributed by atoms with Crippen LogP contribution in [-0.2, 0) is 17.9 Å². The maximum absolute atomic E-state index is 12.4. The van der Waals surface area contributed by atoms with Crippen LogP contribution >= 0.6 is 0 Å². The van der Waals surface area contributed by atoms with Crippen LogP contribution in [0, 0.1) is 5.92 Å². The molecule has 0 aliphatic carbocycles. The molecule has 1 atom stereocenters. The minimum atomic E-state index is -0.350.